The number of furan rings is 2. The van der Waals surface area contributed by atoms with Crippen molar-refractivity contribution in [2.24, 2.45) is 0 Å². The number of fused-ring (bicyclic) bond motifs is 6. The van der Waals surface area contributed by atoms with Gasteiger partial charge in [0.2, 0.25) is 0 Å². The van der Waals surface area contributed by atoms with E-state index in [1.165, 1.54) is 32.7 Å². The van der Waals surface area contributed by atoms with E-state index in [0.717, 1.165) is 134 Å². The van der Waals surface area contributed by atoms with Crippen molar-refractivity contribution in [3.8, 4) is 67.2 Å². The number of hydrogen-bond donors (Lipinski definition) is 0. The SMILES string of the molecule is c1ccc(-c2oc3cc(N(c4ccc(-c5c6ccccc6c(-c6ccc(N(c7ccc8cccnc8c7)c7ccc8c(-c9ccccc9)c(-c9ccccc9)oc8c7)cc6)c6ccccc56)cc4)c4ccc5cccnc5c4)ccc3c2-c2ccccc2)cc1. The Morgan fingerprint density at radius 3 is 0.911 bits per heavy atom. The van der Waals surface area contributed by atoms with Gasteiger partial charge in [0.15, 0.2) is 0 Å². The number of hydrogen-bond acceptors (Lipinski definition) is 6. The molecular weight excluding hydrogens is 1100 g/mol. The first-order valence-electron chi connectivity index (χ1n) is 30.4. The lowest BCUT2D eigenvalue weighted by Gasteiger charge is -2.26. The highest BCUT2D eigenvalue weighted by Gasteiger charge is 2.25. The van der Waals surface area contributed by atoms with Crippen LogP contribution >= 0.6 is 0 Å². The number of aromatic nitrogens is 2. The molecule has 17 rings (SSSR count). The molecule has 0 N–H and O–H groups in total. The zero-order valence-corrected chi connectivity index (χ0v) is 48.8. The van der Waals surface area contributed by atoms with Crippen molar-refractivity contribution < 1.29 is 8.83 Å². The molecule has 0 amide bonds. The van der Waals surface area contributed by atoms with Crippen molar-refractivity contribution in [3.05, 3.63) is 328 Å². The second-order valence-corrected chi connectivity index (χ2v) is 22.8. The summed E-state index contributed by atoms with van der Waals surface area (Å²) in [6, 6.07) is 112. The molecule has 0 radical (unpaired) electrons. The van der Waals surface area contributed by atoms with Gasteiger partial charge in [0.1, 0.15) is 22.7 Å². The predicted octanol–water partition coefficient (Wildman–Crippen LogP) is 23.5. The summed E-state index contributed by atoms with van der Waals surface area (Å²) < 4.78 is 13.9. The molecule has 6 heteroatoms. The minimum Gasteiger partial charge on any atom is -0.455 e. The number of anilines is 6. The zero-order chi connectivity index (χ0) is 59.5. The van der Waals surface area contributed by atoms with Crippen LogP contribution in [0.5, 0.6) is 0 Å². The third-order valence-corrected chi connectivity index (χ3v) is 17.5. The third kappa shape index (κ3) is 9.13. The molecule has 13 aromatic carbocycles. The average molecular weight is 1150 g/mol. The van der Waals surface area contributed by atoms with E-state index in [-0.39, 0.29) is 0 Å². The molecule has 0 bridgehead atoms. The van der Waals surface area contributed by atoms with E-state index < -0.39 is 0 Å². The fourth-order valence-corrected chi connectivity index (χ4v) is 13.4. The first-order chi connectivity index (χ1) is 44.6. The summed E-state index contributed by atoms with van der Waals surface area (Å²) in [5, 5.41) is 8.97. The van der Waals surface area contributed by atoms with E-state index in [0.29, 0.717) is 0 Å². The van der Waals surface area contributed by atoms with Gasteiger partial charge < -0.3 is 18.6 Å². The normalized spacial score (nSPS) is 11.6. The minimum atomic E-state index is 0.806. The van der Waals surface area contributed by atoms with Crippen LogP contribution in [0, 0.1) is 0 Å². The van der Waals surface area contributed by atoms with E-state index in [2.05, 4.69) is 301 Å². The van der Waals surface area contributed by atoms with Crippen molar-refractivity contribution in [2.75, 3.05) is 9.80 Å². The predicted molar refractivity (Wildman–Crippen MR) is 374 cm³/mol. The van der Waals surface area contributed by atoms with Gasteiger partial charge in [-0.3, -0.25) is 9.97 Å². The summed E-state index contributed by atoms with van der Waals surface area (Å²) >= 11 is 0. The minimum absolute atomic E-state index is 0.806. The van der Waals surface area contributed by atoms with Crippen molar-refractivity contribution in [2.45, 2.75) is 0 Å². The second-order valence-electron chi connectivity index (χ2n) is 22.8. The molecule has 0 aliphatic heterocycles. The van der Waals surface area contributed by atoms with Crippen molar-refractivity contribution in [1.82, 2.24) is 9.97 Å². The maximum absolute atomic E-state index is 6.93. The first kappa shape index (κ1) is 52.2. The monoisotopic (exact) mass is 1150 g/mol. The molecule has 0 saturated carbocycles. The first-order valence-corrected chi connectivity index (χ1v) is 30.4. The highest BCUT2D eigenvalue weighted by Crippen LogP contribution is 2.49. The van der Waals surface area contributed by atoms with E-state index >= 15 is 0 Å². The van der Waals surface area contributed by atoms with Crippen molar-refractivity contribution >= 4 is 99.4 Å². The van der Waals surface area contributed by atoms with Crippen LogP contribution in [0.1, 0.15) is 0 Å². The Balaban J connectivity index is 0.772. The molecule has 0 saturated heterocycles. The van der Waals surface area contributed by atoms with Gasteiger partial charge in [0.05, 0.1) is 11.0 Å². The molecule has 422 valence electrons. The Morgan fingerprint density at radius 1 is 0.222 bits per heavy atom. The molecule has 4 heterocycles. The summed E-state index contributed by atoms with van der Waals surface area (Å²) in [5.41, 5.74) is 20.4. The molecule has 90 heavy (non-hydrogen) atoms. The number of nitrogens with zero attached hydrogens (tertiary/aromatic N) is 4. The Hall–Kier alpha value is -12.1. The number of rotatable bonds is 12. The van der Waals surface area contributed by atoms with Gasteiger partial charge in [-0.1, -0.05) is 218 Å². The molecule has 0 aliphatic carbocycles. The molecule has 0 spiro atoms. The van der Waals surface area contributed by atoms with E-state index in [9.17, 15) is 0 Å². The van der Waals surface area contributed by atoms with Crippen LogP contribution in [-0.2, 0) is 0 Å². The van der Waals surface area contributed by atoms with Crippen LogP contribution in [0.3, 0.4) is 0 Å². The highest BCUT2D eigenvalue weighted by molar-refractivity contribution is 6.21. The number of benzene rings is 13. The van der Waals surface area contributed by atoms with Crippen LogP contribution in [-0.4, -0.2) is 9.97 Å². The second kappa shape index (κ2) is 22.0. The van der Waals surface area contributed by atoms with Gasteiger partial charge in [-0.15, -0.1) is 0 Å². The van der Waals surface area contributed by atoms with Gasteiger partial charge in [-0.05, 0) is 140 Å². The van der Waals surface area contributed by atoms with Crippen LogP contribution < -0.4 is 9.80 Å². The molecule has 4 aromatic heterocycles. The van der Waals surface area contributed by atoms with Gasteiger partial charge in [0.25, 0.3) is 0 Å². The lowest BCUT2D eigenvalue weighted by atomic mass is 9.86. The van der Waals surface area contributed by atoms with E-state index in [1.807, 2.05) is 36.7 Å². The summed E-state index contributed by atoms with van der Waals surface area (Å²) in [6.07, 6.45) is 3.72. The summed E-state index contributed by atoms with van der Waals surface area (Å²) in [4.78, 5) is 14.2. The molecular formula is C84H54N4O2. The molecule has 0 unspecified atom stereocenters. The van der Waals surface area contributed by atoms with Gasteiger partial charge in [-0.25, -0.2) is 0 Å². The third-order valence-electron chi connectivity index (χ3n) is 17.5. The quantitative estimate of drug-likeness (QED) is 0.114. The molecule has 0 atom stereocenters. The average Bonchev–Trinajstić information content (AvgIpc) is 0.937. The molecule has 0 aliphatic rings. The maximum Gasteiger partial charge on any atom is 0.143 e. The molecule has 17 aromatic rings. The summed E-state index contributed by atoms with van der Waals surface area (Å²) in [6.45, 7) is 0. The molecule has 0 fully saturated rings. The van der Waals surface area contributed by atoms with Gasteiger partial charge in [0, 0.05) is 102 Å². The van der Waals surface area contributed by atoms with Crippen LogP contribution in [0.2, 0.25) is 0 Å². The largest absolute Gasteiger partial charge is 0.455 e. The zero-order valence-electron chi connectivity index (χ0n) is 48.8. The van der Waals surface area contributed by atoms with Crippen LogP contribution in [0.4, 0.5) is 34.1 Å². The molecule has 6 nitrogen and oxygen atoms in total. The highest BCUT2D eigenvalue weighted by atomic mass is 16.3. The standard InChI is InChI=1S/C84H54N4O2/c1-5-19-57(20-6-1)81-73-47-45-67(53-77(73)89-83(81)61-23-9-3-10-24-61)87(65-43-33-55-27-17-49-85-75(55)51-65)63-39-35-59(36-40-63)79-69-29-13-15-31-71(69)80(72-32-16-14-30-70(72)79)60-37-41-64(42-38-60)88(66-44-34-56-28-18-50-86-76(56)52-66)68-46-48-74-78(54-68)90-84(62-25-11-4-12-26-62)82(74)58-21-7-2-8-22-58/h1-54H. The lowest BCUT2D eigenvalue weighted by Crippen LogP contribution is -2.10. The van der Waals surface area contributed by atoms with E-state index in [1.54, 1.807) is 0 Å². The summed E-state index contributed by atoms with van der Waals surface area (Å²) in [5.74, 6) is 1.69. The fraction of sp³-hybridized carbons (Fsp3) is 0. The van der Waals surface area contributed by atoms with Crippen LogP contribution in [0.25, 0.3) is 132 Å². The Kier molecular flexibility index (Phi) is 12.8. The van der Waals surface area contributed by atoms with Crippen molar-refractivity contribution in [3.63, 3.8) is 0 Å². The Labute approximate surface area is 520 Å². The van der Waals surface area contributed by atoms with Crippen molar-refractivity contribution in [1.29, 1.82) is 0 Å². The number of pyridine rings is 2. The van der Waals surface area contributed by atoms with Gasteiger partial charge in [-0.2, -0.15) is 0 Å². The maximum atomic E-state index is 6.93. The Morgan fingerprint density at radius 2 is 0.533 bits per heavy atom. The topological polar surface area (TPSA) is 58.5 Å². The summed E-state index contributed by atoms with van der Waals surface area (Å²) in [7, 11) is 0. The smallest absolute Gasteiger partial charge is 0.143 e. The van der Waals surface area contributed by atoms with Crippen LogP contribution in [0.15, 0.2) is 337 Å². The van der Waals surface area contributed by atoms with E-state index in [4.69, 9.17) is 18.8 Å². The fourth-order valence-electron chi connectivity index (χ4n) is 13.4. The Bertz CT molecular complexity index is 5130. The lowest BCUT2D eigenvalue weighted by molar-refractivity contribution is 0.632. The van der Waals surface area contributed by atoms with Gasteiger partial charge >= 0.3 is 0 Å².